The van der Waals surface area contributed by atoms with E-state index in [1.807, 2.05) is 6.07 Å². The van der Waals surface area contributed by atoms with Crippen molar-refractivity contribution in [3.05, 3.63) is 65.7 Å². The molecule has 3 aliphatic rings. The lowest BCUT2D eigenvalue weighted by Crippen LogP contribution is -2.44. The van der Waals surface area contributed by atoms with Crippen LogP contribution in [0.5, 0.6) is 0 Å². The maximum absolute atomic E-state index is 12.8. The van der Waals surface area contributed by atoms with Gasteiger partial charge in [0, 0.05) is 43.6 Å². The number of hydrogen-bond acceptors (Lipinski definition) is 3. The first-order valence-corrected chi connectivity index (χ1v) is 11.6. The van der Waals surface area contributed by atoms with Crippen LogP contribution in [0, 0.1) is 17.8 Å². The number of fused-ring (bicyclic) bond motifs is 1. The number of carbonyl (C=O) groups excluding carboxylic acids is 2. The number of piperidine rings is 1. The Morgan fingerprint density at radius 1 is 0.939 bits per heavy atom. The Labute approximate surface area is 191 Å². The molecule has 5 rings (SSSR count). The lowest BCUT2D eigenvalue weighted by atomic mass is 9.75. The van der Waals surface area contributed by atoms with Crippen molar-refractivity contribution < 1.29 is 22.8 Å². The van der Waals surface area contributed by atoms with Gasteiger partial charge in [-0.25, -0.2) is 0 Å². The minimum atomic E-state index is -4.46. The fourth-order valence-corrected chi connectivity index (χ4v) is 5.62. The van der Waals surface area contributed by atoms with Crippen molar-refractivity contribution >= 4 is 17.4 Å². The molecule has 33 heavy (non-hydrogen) atoms. The molecule has 3 fully saturated rings. The number of amides is 1. The van der Waals surface area contributed by atoms with Gasteiger partial charge in [0.25, 0.3) is 0 Å². The highest BCUT2D eigenvalue weighted by Gasteiger charge is 2.60. The molecule has 3 atom stereocenters. The van der Waals surface area contributed by atoms with Crippen molar-refractivity contribution in [2.45, 2.75) is 43.8 Å². The molecule has 0 spiro atoms. The number of nitrogens with one attached hydrogen (secondary N) is 1. The zero-order valence-electron chi connectivity index (χ0n) is 18.2. The summed E-state index contributed by atoms with van der Waals surface area (Å²) in [4.78, 5) is 27.3. The summed E-state index contributed by atoms with van der Waals surface area (Å²) < 4.78 is 38.4. The molecule has 1 N–H and O–H groups in total. The SMILES string of the molecule is O=C(CCC(=O)C1[C@H]2CN(C3CC(c4ccccc4)C3)C[C@@H]12)Nc1cccc(C(F)(F)F)c1. The minimum absolute atomic E-state index is 0.00386. The van der Waals surface area contributed by atoms with Crippen molar-refractivity contribution in [1.29, 1.82) is 0 Å². The summed E-state index contributed by atoms with van der Waals surface area (Å²) in [5, 5.41) is 2.47. The van der Waals surface area contributed by atoms with E-state index in [0.29, 0.717) is 23.8 Å². The molecule has 2 saturated carbocycles. The minimum Gasteiger partial charge on any atom is -0.326 e. The number of benzene rings is 2. The van der Waals surface area contributed by atoms with Gasteiger partial charge >= 0.3 is 6.18 Å². The Hall–Kier alpha value is -2.67. The van der Waals surface area contributed by atoms with Crippen LogP contribution in [0.15, 0.2) is 54.6 Å². The van der Waals surface area contributed by atoms with Gasteiger partial charge in [-0.05, 0) is 54.4 Å². The molecule has 1 saturated heterocycles. The molecule has 174 valence electrons. The molecular formula is C26H27F3N2O2. The molecule has 2 aliphatic carbocycles. The standard InChI is InChI=1S/C26H27F3N2O2/c27-26(28,29)18-7-4-8-19(13-18)30-24(33)10-9-23(32)25-21-14-31(15-22(21)25)20-11-17(12-20)16-5-2-1-3-6-16/h1-8,13,17,20-22,25H,9-12,14-15H2,(H,30,33)/t17?,20?,21-,22+,25?. The normalized spacial score (nSPS) is 28.6. The van der Waals surface area contributed by atoms with E-state index in [1.54, 1.807) is 0 Å². The number of nitrogens with zero attached hydrogens (tertiary/aromatic N) is 1. The maximum atomic E-state index is 12.8. The summed E-state index contributed by atoms with van der Waals surface area (Å²) in [5.74, 6) is 1.17. The predicted octanol–water partition coefficient (Wildman–Crippen LogP) is 5.12. The second-order valence-corrected chi connectivity index (χ2v) is 9.63. The van der Waals surface area contributed by atoms with E-state index in [4.69, 9.17) is 0 Å². The highest BCUT2D eigenvalue weighted by atomic mass is 19.4. The largest absolute Gasteiger partial charge is 0.416 e. The number of alkyl halides is 3. The Bertz CT molecular complexity index is 1020. The van der Waals surface area contributed by atoms with Gasteiger partial charge in [0.05, 0.1) is 5.56 Å². The zero-order valence-corrected chi connectivity index (χ0v) is 18.2. The predicted molar refractivity (Wildman–Crippen MR) is 119 cm³/mol. The van der Waals surface area contributed by atoms with E-state index in [1.165, 1.54) is 30.5 Å². The Morgan fingerprint density at radius 2 is 1.64 bits per heavy atom. The van der Waals surface area contributed by atoms with Crippen LogP contribution in [0.3, 0.4) is 0 Å². The highest BCUT2D eigenvalue weighted by Crippen LogP contribution is 2.55. The van der Waals surface area contributed by atoms with Crippen LogP contribution in [0.1, 0.15) is 42.7 Å². The lowest BCUT2D eigenvalue weighted by molar-refractivity contribution is -0.137. The zero-order chi connectivity index (χ0) is 23.2. The van der Waals surface area contributed by atoms with Crippen molar-refractivity contribution in [2.75, 3.05) is 18.4 Å². The molecule has 2 aromatic rings. The third-order valence-corrected chi connectivity index (χ3v) is 7.57. The number of halogens is 3. The fraction of sp³-hybridized carbons (Fsp3) is 0.462. The van der Waals surface area contributed by atoms with E-state index in [-0.39, 0.29) is 30.2 Å². The first-order chi connectivity index (χ1) is 15.8. The average molecular weight is 457 g/mol. The summed E-state index contributed by atoms with van der Waals surface area (Å²) in [6, 6.07) is 15.7. The van der Waals surface area contributed by atoms with Crippen molar-refractivity contribution in [3.63, 3.8) is 0 Å². The molecule has 1 amide bonds. The van der Waals surface area contributed by atoms with Crippen LogP contribution in [0.2, 0.25) is 0 Å². The van der Waals surface area contributed by atoms with Gasteiger partial charge in [-0.3, -0.25) is 14.5 Å². The summed E-state index contributed by atoms with van der Waals surface area (Å²) in [5.41, 5.74) is 0.693. The molecule has 0 aromatic heterocycles. The van der Waals surface area contributed by atoms with Gasteiger partial charge in [0.15, 0.2) is 0 Å². The third kappa shape index (κ3) is 4.69. The summed E-state index contributed by atoms with van der Waals surface area (Å²) in [6.45, 7) is 1.92. The topological polar surface area (TPSA) is 49.4 Å². The molecule has 1 aliphatic heterocycles. The number of anilines is 1. The first kappa shape index (κ1) is 22.1. The summed E-state index contributed by atoms with van der Waals surface area (Å²) in [7, 11) is 0. The molecule has 4 nitrogen and oxygen atoms in total. The Morgan fingerprint density at radius 3 is 2.30 bits per heavy atom. The fourth-order valence-electron chi connectivity index (χ4n) is 5.62. The summed E-state index contributed by atoms with van der Waals surface area (Å²) >= 11 is 0. The number of Topliss-reactive ketones (excluding diaryl/α,β-unsaturated/α-hetero) is 1. The number of ketones is 1. The number of likely N-dealkylation sites (tertiary alicyclic amines) is 1. The number of rotatable bonds is 7. The molecular weight excluding hydrogens is 429 g/mol. The van der Waals surface area contributed by atoms with E-state index < -0.39 is 17.6 Å². The Kier molecular flexibility index (Phi) is 5.77. The first-order valence-electron chi connectivity index (χ1n) is 11.6. The average Bonchev–Trinajstić information content (AvgIpc) is 3.26. The monoisotopic (exact) mass is 456 g/mol. The van der Waals surface area contributed by atoms with Crippen LogP contribution in [0.25, 0.3) is 0 Å². The maximum Gasteiger partial charge on any atom is 0.416 e. The lowest BCUT2D eigenvalue weighted by Gasteiger charge is -2.42. The van der Waals surface area contributed by atoms with Gasteiger partial charge in [-0.15, -0.1) is 0 Å². The van der Waals surface area contributed by atoms with Gasteiger partial charge in [-0.1, -0.05) is 36.4 Å². The molecule has 2 aromatic carbocycles. The van der Waals surface area contributed by atoms with Crippen molar-refractivity contribution in [2.24, 2.45) is 17.8 Å². The van der Waals surface area contributed by atoms with E-state index >= 15 is 0 Å². The Balaban J connectivity index is 1.03. The molecule has 0 radical (unpaired) electrons. The molecule has 1 heterocycles. The van der Waals surface area contributed by atoms with E-state index in [2.05, 4.69) is 34.5 Å². The van der Waals surface area contributed by atoms with Gasteiger partial charge in [0.2, 0.25) is 5.91 Å². The molecule has 7 heteroatoms. The van der Waals surface area contributed by atoms with Crippen LogP contribution < -0.4 is 5.32 Å². The van der Waals surface area contributed by atoms with E-state index in [9.17, 15) is 22.8 Å². The summed E-state index contributed by atoms with van der Waals surface area (Å²) in [6.07, 6.45) is -1.97. The van der Waals surface area contributed by atoms with Crippen LogP contribution in [-0.4, -0.2) is 35.7 Å². The van der Waals surface area contributed by atoms with E-state index in [0.717, 1.165) is 25.2 Å². The van der Waals surface area contributed by atoms with Crippen molar-refractivity contribution in [3.8, 4) is 0 Å². The van der Waals surface area contributed by atoms with Gasteiger partial charge in [-0.2, -0.15) is 13.2 Å². The highest BCUT2D eigenvalue weighted by molar-refractivity contribution is 5.94. The second kappa shape index (κ2) is 8.60. The number of hydrogen-bond donors (Lipinski definition) is 1. The third-order valence-electron chi connectivity index (χ3n) is 7.57. The quantitative estimate of drug-likeness (QED) is 0.629. The van der Waals surface area contributed by atoms with Crippen LogP contribution >= 0.6 is 0 Å². The molecule has 0 bridgehead atoms. The molecule has 1 unspecified atom stereocenters. The second-order valence-electron chi connectivity index (χ2n) is 9.63. The van der Waals surface area contributed by atoms with Crippen LogP contribution in [0.4, 0.5) is 18.9 Å². The van der Waals surface area contributed by atoms with Gasteiger partial charge in [0.1, 0.15) is 5.78 Å². The number of carbonyl (C=O) groups is 2. The smallest absolute Gasteiger partial charge is 0.326 e. The van der Waals surface area contributed by atoms with Gasteiger partial charge < -0.3 is 5.32 Å². The van der Waals surface area contributed by atoms with Crippen LogP contribution in [-0.2, 0) is 15.8 Å². The van der Waals surface area contributed by atoms with Crippen molar-refractivity contribution in [1.82, 2.24) is 4.90 Å².